The van der Waals surface area contributed by atoms with E-state index in [1.165, 1.54) is 11.1 Å². The number of rotatable bonds is 5. The molecule has 0 saturated carbocycles. The summed E-state index contributed by atoms with van der Waals surface area (Å²) in [5, 5.41) is 10.6. The summed E-state index contributed by atoms with van der Waals surface area (Å²) in [6, 6.07) is 6.50. The molecule has 0 spiro atoms. The van der Waals surface area contributed by atoms with Gasteiger partial charge in [0.25, 0.3) is 0 Å². The first-order chi connectivity index (χ1) is 12.8. The van der Waals surface area contributed by atoms with Crippen LogP contribution in [0.25, 0.3) is 10.9 Å². The van der Waals surface area contributed by atoms with Crippen LogP contribution in [0.3, 0.4) is 0 Å². The van der Waals surface area contributed by atoms with E-state index in [1.54, 1.807) is 6.20 Å². The first kappa shape index (κ1) is 20.2. The van der Waals surface area contributed by atoms with Gasteiger partial charge < -0.3 is 19.2 Å². The average Bonchev–Trinajstić information content (AvgIpc) is 2.61. The second kappa shape index (κ2) is 8.22. The van der Waals surface area contributed by atoms with Gasteiger partial charge in [0.2, 0.25) is 0 Å². The van der Waals surface area contributed by atoms with Gasteiger partial charge in [0.1, 0.15) is 6.07 Å². The highest BCUT2D eigenvalue weighted by atomic mass is 32.5. The Hall–Kier alpha value is -1.55. The maximum atomic E-state index is 9.59. The number of piperidine rings is 1. The van der Waals surface area contributed by atoms with Crippen molar-refractivity contribution in [1.29, 1.82) is 5.26 Å². The summed E-state index contributed by atoms with van der Waals surface area (Å²) >= 11 is 4.48. The molecule has 6 nitrogen and oxygen atoms in total. The van der Waals surface area contributed by atoms with E-state index in [-0.39, 0.29) is 6.61 Å². The van der Waals surface area contributed by atoms with Gasteiger partial charge in [0, 0.05) is 24.7 Å². The summed E-state index contributed by atoms with van der Waals surface area (Å²) in [5.74, 6) is 0.449. The molecular weight excluding hydrogens is 381 g/mol. The lowest BCUT2D eigenvalue weighted by Crippen LogP contribution is -2.34. The van der Waals surface area contributed by atoms with E-state index >= 15 is 0 Å². The van der Waals surface area contributed by atoms with Crippen LogP contribution in [0.15, 0.2) is 18.3 Å². The van der Waals surface area contributed by atoms with E-state index in [0.717, 1.165) is 48.9 Å². The zero-order valence-electron chi connectivity index (χ0n) is 15.6. The van der Waals surface area contributed by atoms with Crippen LogP contribution in [0.5, 0.6) is 0 Å². The Labute approximate surface area is 164 Å². The Morgan fingerprint density at radius 2 is 1.96 bits per heavy atom. The normalized spacial score (nSPS) is 15.9. The van der Waals surface area contributed by atoms with Crippen LogP contribution >= 0.6 is 6.72 Å². The molecule has 2 aromatic rings. The molecule has 1 aliphatic rings. The maximum Gasteiger partial charge on any atom is 0.321 e. The van der Waals surface area contributed by atoms with Gasteiger partial charge in [-0.25, -0.2) is 0 Å². The summed E-state index contributed by atoms with van der Waals surface area (Å²) in [4.78, 5) is 25.0. The lowest BCUT2D eigenvalue weighted by atomic mass is 9.92. The molecule has 1 aliphatic heterocycles. The van der Waals surface area contributed by atoms with E-state index in [0.29, 0.717) is 11.5 Å². The fourth-order valence-corrected chi connectivity index (χ4v) is 4.21. The predicted molar refractivity (Wildman–Crippen MR) is 110 cm³/mol. The lowest BCUT2D eigenvalue weighted by molar-refractivity contribution is 0.221. The molecule has 0 aliphatic carbocycles. The molecule has 1 fully saturated rings. The Bertz CT molecular complexity index is 930. The predicted octanol–water partition coefficient (Wildman–Crippen LogP) is 3.56. The van der Waals surface area contributed by atoms with Gasteiger partial charge in [-0.1, -0.05) is 0 Å². The van der Waals surface area contributed by atoms with Crippen LogP contribution in [0, 0.1) is 31.1 Å². The van der Waals surface area contributed by atoms with Crippen LogP contribution in [0.2, 0.25) is 0 Å². The van der Waals surface area contributed by atoms with Crippen molar-refractivity contribution in [1.82, 2.24) is 4.98 Å². The number of hydrogen-bond acceptors (Lipinski definition) is 5. The highest BCUT2D eigenvalue weighted by molar-refractivity contribution is 8.06. The number of anilines is 1. The fourth-order valence-electron chi connectivity index (χ4n) is 3.64. The van der Waals surface area contributed by atoms with Crippen LogP contribution in [0.4, 0.5) is 5.69 Å². The second-order valence-electron chi connectivity index (χ2n) is 7.13. The molecule has 1 aromatic carbocycles. The number of aromatic nitrogens is 1. The molecule has 0 unspecified atom stereocenters. The summed E-state index contributed by atoms with van der Waals surface area (Å²) < 4.78 is 4.93. The van der Waals surface area contributed by atoms with Crippen molar-refractivity contribution in [2.75, 3.05) is 24.6 Å². The van der Waals surface area contributed by atoms with Crippen molar-refractivity contribution in [3.05, 3.63) is 35.0 Å². The quantitative estimate of drug-likeness (QED) is 0.735. The molecular formula is C19H24N3O3PS. The maximum absolute atomic E-state index is 9.59. The van der Waals surface area contributed by atoms with Gasteiger partial charge in [-0.3, -0.25) is 4.98 Å². The third kappa shape index (κ3) is 4.84. The molecule has 0 amide bonds. The highest BCUT2D eigenvalue weighted by Crippen LogP contribution is 2.38. The number of aryl methyl sites for hydroxylation is 2. The van der Waals surface area contributed by atoms with Gasteiger partial charge in [-0.15, -0.1) is 0 Å². The molecule has 0 atom stereocenters. The Morgan fingerprint density at radius 1 is 1.30 bits per heavy atom. The minimum absolute atomic E-state index is 0.273. The minimum Gasteiger partial charge on any atom is -0.370 e. The third-order valence-electron chi connectivity index (χ3n) is 5.29. The number of hydrogen-bond donors (Lipinski definition) is 2. The monoisotopic (exact) mass is 405 g/mol. The van der Waals surface area contributed by atoms with Gasteiger partial charge in [-0.2, -0.15) is 5.26 Å². The van der Waals surface area contributed by atoms with Crippen molar-refractivity contribution in [3.63, 3.8) is 0 Å². The van der Waals surface area contributed by atoms with Crippen LogP contribution < -0.4 is 4.90 Å². The third-order valence-corrected chi connectivity index (χ3v) is 6.13. The average molecular weight is 405 g/mol. The highest BCUT2D eigenvalue weighted by Gasteiger charge is 2.24. The van der Waals surface area contributed by atoms with Crippen molar-refractivity contribution >= 4 is 35.1 Å². The van der Waals surface area contributed by atoms with Crippen molar-refractivity contribution in [2.24, 2.45) is 5.92 Å². The molecule has 3 rings (SSSR count). The molecule has 27 heavy (non-hydrogen) atoms. The molecule has 2 N–H and O–H groups in total. The largest absolute Gasteiger partial charge is 0.370 e. The van der Waals surface area contributed by atoms with Gasteiger partial charge in [-0.05, 0) is 74.1 Å². The smallest absolute Gasteiger partial charge is 0.321 e. The van der Waals surface area contributed by atoms with Gasteiger partial charge in [0.15, 0.2) is 0 Å². The van der Waals surface area contributed by atoms with Crippen molar-refractivity contribution in [3.8, 4) is 6.07 Å². The van der Waals surface area contributed by atoms with Crippen molar-refractivity contribution < 1.29 is 14.3 Å². The first-order valence-electron chi connectivity index (χ1n) is 9.03. The van der Waals surface area contributed by atoms with E-state index in [9.17, 15) is 5.26 Å². The molecule has 1 saturated heterocycles. The Morgan fingerprint density at radius 3 is 2.59 bits per heavy atom. The number of nitriles is 1. The summed E-state index contributed by atoms with van der Waals surface area (Å²) in [5.41, 5.74) is 4.88. The molecule has 8 heteroatoms. The van der Waals surface area contributed by atoms with E-state index in [1.807, 2.05) is 0 Å². The molecule has 0 bridgehead atoms. The molecule has 2 heterocycles. The van der Waals surface area contributed by atoms with Crippen LogP contribution in [-0.4, -0.2) is 34.5 Å². The Kier molecular flexibility index (Phi) is 6.15. The van der Waals surface area contributed by atoms with E-state index in [4.69, 9.17) is 14.3 Å². The van der Waals surface area contributed by atoms with Crippen molar-refractivity contribution in [2.45, 2.75) is 33.1 Å². The van der Waals surface area contributed by atoms with Crippen LogP contribution in [-0.2, 0) is 16.3 Å². The summed E-state index contributed by atoms with van der Waals surface area (Å²) in [7, 11) is 0. The van der Waals surface area contributed by atoms with E-state index in [2.05, 4.69) is 53.7 Å². The topological polar surface area (TPSA) is 89.6 Å². The summed E-state index contributed by atoms with van der Waals surface area (Å²) in [6.07, 6.45) is 4.35. The summed E-state index contributed by atoms with van der Waals surface area (Å²) in [6.45, 7) is 2.55. The van der Waals surface area contributed by atoms with Gasteiger partial charge in [0.05, 0.1) is 23.4 Å². The molecule has 0 radical (unpaired) electrons. The number of fused-ring (bicyclic) bond motifs is 1. The Balaban J connectivity index is 1.78. The SMILES string of the molecule is Cc1cc2ncc(C#N)c(N3CCC(CCOP(O)(O)=S)CC3)c2cc1C. The zero-order chi connectivity index (χ0) is 19.6. The number of nitrogens with zero attached hydrogens (tertiary/aromatic N) is 3. The van der Waals surface area contributed by atoms with E-state index < -0.39 is 6.72 Å². The first-order valence-corrected chi connectivity index (χ1v) is 11.7. The molecule has 1 aromatic heterocycles. The minimum atomic E-state index is -3.56. The van der Waals surface area contributed by atoms with Crippen LogP contribution in [0.1, 0.15) is 36.0 Å². The standard InChI is InChI=1S/C19H24N3O3PS/c1-13-9-17-18(10-14(13)2)21-12-16(11-20)19(17)22-6-3-15(4-7-22)5-8-25-26(23,24)27/h9-10,12,15H,3-8H2,1-2H3,(H2,23,24,27). The number of pyridine rings is 1. The molecule has 144 valence electrons. The van der Waals surface area contributed by atoms with Gasteiger partial charge >= 0.3 is 6.72 Å². The zero-order valence-corrected chi connectivity index (χ0v) is 17.3. The fraction of sp³-hybridized carbons (Fsp3) is 0.474. The lowest BCUT2D eigenvalue weighted by Gasteiger charge is -2.34. The number of benzene rings is 1. The second-order valence-corrected chi connectivity index (χ2v) is 9.80.